The van der Waals surface area contributed by atoms with Gasteiger partial charge < -0.3 is 10.8 Å². The molecular weight excluding hydrogens is 186 g/mol. The molecular formula is C9H11NO2S. The predicted octanol–water partition coefficient (Wildman–Crippen LogP) is 1.36. The summed E-state index contributed by atoms with van der Waals surface area (Å²) in [5, 5.41) is 8.75. The number of rotatable bonds is 3. The van der Waals surface area contributed by atoms with E-state index in [0.717, 1.165) is 4.90 Å². The maximum Gasteiger partial charge on any atom is 0.230 e. The van der Waals surface area contributed by atoms with Gasteiger partial charge in [0.1, 0.15) is 5.75 Å². The second-order valence-corrected chi connectivity index (χ2v) is 4.07. The van der Waals surface area contributed by atoms with Gasteiger partial charge in [0.25, 0.3) is 0 Å². The summed E-state index contributed by atoms with van der Waals surface area (Å²) in [5.41, 5.74) is 5.10. The van der Waals surface area contributed by atoms with E-state index >= 15 is 0 Å². The number of hydrogen-bond acceptors (Lipinski definition) is 3. The lowest BCUT2D eigenvalue weighted by atomic mass is 10.3. The third kappa shape index (κ3) is 2.99. The number of carbonyl (C=O) groups excluding carboxylic acids is 1. The zero-order chi connectivity index (χ0) is 9.84. The van der Waals surface area contributed by atoms with E-state index in [9.17, 15) is 4.79 Å². The zero-order valence-corrected chi connectivity index (χ0v) is 8.04. The van der Waals surface area contributed by atoms with Crippen molar-refractivity contribution in [2.75, 3.05) is 0 Å². The molecule has 1 amide bonds. The van der Waals surface area contributed by atoms with Crippen LogP contribution in [0.15, 0.2) is 29.2 Å². The number of carbonyl (C=O) groups is 1. The summed E-state index contributed by atoms with van der Waals surface area (Å²) in [7, 11) is 0. The smallest absolute Gasteiger partial charge is 0.230 e. The minimum absolute atomic E-state index is 0.219. The number of primary amides is 1. The lowest BCUT2D eigenvalue weighted by molar-refractivity contribution is -0.117. The number of hydrogen-bond donors (Lipinski definition) is 2. The van der Waals surface area contributed by atoms with Crippen molar-refractivity contribution in [3.8, 4) is 5.75 Å². The molecule has 4 heteroatoms. The summed E-state index contributed by atoms with van der Waals surface area (Å²) in [4.78, 5) is 11.6. The topological polar surface area (TPSA) is 63.3 Å². The summed E-state index contributed by atoms with van der Waals surface area (Å²) in [5.74, 6) is -0.117. The average molecular weight is 197 g/mol. The first-order valence-corrected chi connectivity index (χ1v) is 4.72. The van der Waals surface area contributed by atoms with Crippen LogP contribution in [0.3, 0.4) is 0 Å². The molecule has 3 N–H and O–H groups in total. The van der Waals surface area contributed by atoms with Crippen molar-refractivity contribution >= 4 is 17.7 Å². The lowest BCUT2D eigenvalue weighted by Gasteiger charge is -2.06. The van der Waals surface area contributed by atoms with Crippen LogP contribution in [-0.4, -0.2) is 16.3 Å². The molecule has 1 unspecified atom stereocenters. The summed E-state index contributed by atoms with van der Waals surface area (Å²) >= 11 is 1.37. The van der Waals surface area contributed by atoms with Gasteiger partial charge in [0.05, 0.1) is 5.25 Å². The van der Waals surface area contributed by atoms with Crippen molar-refractivity contribution in [2.45, 2.75) is 17.1 Å². The monoisotopic (exact) mass is 197 g/mol. The van der Waals surface area contributed by atoms with Gasteiger partial charge in [0, 0.05) is 4.90 Å². The highest BCUT2D eigenvalue weighted by Gasteiger charge is 2.09. The fourth-order valence-electron chi connectivity index (χ4n) is 0.787. The second kappa shape index (κ2) is 4.18. The summed E-state index contributed by atoms with van der Waals surface area (Å²) in [6.07, 6.45) is 0. The largest absolute Gasteiger partial charge is 0.508 e. The van der Waals surface area contributed by atoms with Gasteiger partial charge in [-0.2, -0.15) is 0 Å². The molecule has 1 atom stereocenters. The molecule has 0 radical (unpaired) electrons. The molecule has 0 fully saturated rings. The molecule has 0 aliphatic rings. The van der Waals surface area contributed by atoms with Crippen LogP contribution < -0.4 is 5.73 Å². The van der Waals surface area contributed by atoms with Gasteiger partial charge >= 0.3 is 0 Å². The maximum absolute atomic E-state index is 10.7. The fourth-order valence-corrected chi connectivity index (χ4v) is 1.60. The quantitative estimate of drug-likeness (QED) is 0.719. The summed E-state index contributed by atoms with van der Waals surface area (Å²) < 4.78 is 0. The number of phenolic OH excluding ortho intramolecular Hbond substituents is 1. The van der Waals surface area contributed by atoms with Gasteiger partial charge in [0.2, 0.25) is 5.91 Å². The van der Waals surface area contributed by atoms with E-state index in [4.69, 9.17) is 10.8 Å². The van der Waals surface area contributed by atoms with Crippen molar-refractivity contribution < 1.29 is 9.90 Å². The van der Waals surface area contributed by atoms with Crippen LogP contribution in [0.2, 0.25) is 0 Å². The van der Waals surface area contributed by atoms with Crippen molar-refractivity contribution in [3.05, 3.63) is 24.3 Å². The van der Waals surface area contributed by atoms with Gasteiger partial charge in [0.15, 0.2) is 0 Å². The van der Waals surface area contributed by atoms with Crippen LogP contribution in [0.25, 0.3) is 0 Å². The number of benzene rings is 1. The Hall–Kier alpha value is -1.16. The van der Waals surface area contributed by atoms with E-state index in [2.05, 4.69) is 0 Å². The highest BCUT2D eigenvalue weighted by molar-refractivity contribution is 8.00. The SMILES string of the molecule is CC(Sc1ccc(O)cc1)C(N)=O. The van der Waals surface area contributed by atoms with Crippen LogP contribution >= 0.6 is 11.8 Å². The zero-order valence-electron chi connectivity index (χ0n) is 7.23. The molecule has 0 bridgehead atoms. The Morgan fingerprint density at radius 3 is 2.46 bits per heavy atom. The molecule has 1 aromatic rings. The summed E-state index contributed by atoms with van der Waals surface area (Å²) in [6.45, 7) is 1.75. The highest BCUT2D eigenvalue weighted by atomic mass is 32.2. The van der Waals surface area contributed by atoms with Gasteiger partial charge in [-0.05, 0) is 31.2 Å². The van der Waals surface area contributed by atoms with Gasteiger partial charge in [-0.15, -0.1) is 11.8 Å². The molecule has 0 heterocycles. The Balaban J connectivity index is 2.64. The van der Waals surface area contributed by atoms with E-state index in [1.807, 2.05) is 0 Å². The number of aromatic hydroxyl groups is 1. The first kappa shape index (κ1) is 9.92. The van der Waals surface area contributed by atoms with Gasteiger partial charge in [-0.25, -0.2) is 0 Å². The average Bonchev–Trinajstić information content (AvgIpc) is 2.08. The van der Waals surface area contributed by atoms with Crippen LogP contribution in [0.4, 0.5) is 0 Å². The number of thioether (sulfide) groups is 1. The number of phenols is 1. The van der Waals surface area contributed by atoms with Crippen molar-refractivity contribution in [1.82, 2.24) is 0 Å². The lowest BCUT2D eigenvalue weighted by Crippen LogP contribution is -2.22. The molecule has 0 aliphatic heterocycles. The van der Waals surface area contributed by atoms with E-state index < -0.39 is 0 Å². The standard InChI is InChI=1S/C9H11NO2S/c1-6(9(10)12)13-8-4-2-7(11)3-5-8/h2-6,11H,1H3,(H2,10,12). The molecule has 0 saturated heterocycles. The van der Waals surface area contributed by atoms with E-state index in [0.29, 0.717) is 0 Å². The first-order valence-electron chi connectivity index (χ1n) is 3.84. The Morgan fingerprint density at radius 1 is 1.46 bits per heavy atom. The van der Waals surface area contributed by atoms with Crippen molar-refractivity contribution in [2.24, 2.45) is 5.73 Å². The Labute approximate surface area is 80.9 Å². The molecule has 1 aromatic carbocycles. The Morgan fingerprint density at radius 2 is 2.00 bits per heavy atom. The molecule has 13 heavy (non-hydrogen) atoms. The maximum atomic E-state index is 10.7. The second-order valence-electron chi connectivity index (χ2n) is 2.66. The van der Waals surface area contributed by atoms with E-state index in [1.165, 1.54) is 11.8 Å². The highest BCUT2D eigenvalue weighted by Crippen LogP contribution is 2.24. The van der Waals surface area contributed by atoms with Gasteiger partial charge in [-0.1, -0.05) is 0 Å². The normalized spacial score (nSPS) is 12.4. The molecule has 0 saturated carbocycles. The van der Waals surface area contributed by atoms with E-state index in [1.54, 1.807) is 31.2 Å². The van der Waals surface area contributed by atoms with Crippen molar-refractivity contribution in [1.29, 1.82) is 0 Å². The van der Waals surface area contributed by atoms with Crippen LogP contribution in [-0.2, 0) is 4.79 Å². The minimum Gasteiger partial charge on any atom is -0.508 e. The van der Waals surface area contributed by atoms with Crippen LogP contribution in [0.1, 0.15) is 6.92 Å². The number of amides is 1. The van der Waals surface area contributed by atoms with E-state index in [-0.39, 0.29) is 16.9 Å². The van der Waals surface area contributed by atoms with Gasteiger partial charge in [-0.3, -0.25) is 4.79 Å². The Bertz CT molecular complexity index is 297. The number of nitrogens with two attached hydrogens (primary N) is 1. The summed E-state index contributed by atoms with van der Waals surface area (Å²) in [6, 6.07) is 6.66. The molecule has 3 nitrogen and oxygen atoms in total. The molecule has 70 valence electrons. The fraction of sp³-hybridized carbons (Fsp3) is 0.222. The molecule has 0 spiro atoms. The third-order valence-electron chi connectivity index (χ3n) is 1.55. The predicted molar refractivity (Wildman–Crippen MR) is 52.6 cm³/mol. The molecule has 1 rings (SSSR count). The Kier molecular flexibility index (Phi) is 3.19. The first-order chi connectivity index (χ1) is 6.09. The van der Waals surface area contributed by atoms with Crippen LogP contribution in [0, 0.1) is 0 Å². The minimum atomic E-state index is -0.335. The van der Waals surface area contributed by atoms with Crippen molar-refractivity contribution in [3.63, 3.8) is 0 Å². The molecule has 0 aliphatic carbocycles. The third-order valence-corrected chi connectivity index (χ3v) is 2.68. The van der Waals surface area contributed by atoms with Crippen LogP contribution in [0.5, 0.6) is 5.75 Å². The molecule has 0 aromatic heterocycles.